The van der Waals surface area contributed by atoms with Crippen LogP contribution in [0.4, 0.5) is 0 Å². The number of likely N-dealkylation sites (N-methyl/N-ethyl adjacent to an activating group) is 2. The molecule has 1 saturated heterocycles. The van der Waals surface area contributed by atoms with E-state index in [1.165, 1.54) is 0 Å². The molecule has 6 heteroatoms. The maximum atomic E-state index is 12.0. The van der Waals surface area contributed by atoms with Crippen molar-refractivity contribution in [2.45, 2.75) is 33.2 Å². The Kier molecular flexibility index (Phi) is 5.59. The number of hydrogen-bond acceptors (Lipinski definition) is 4. The lowest BCUT2D eigenvalue weighted by Crippen LogP contribution is -2.45. The Labute approximate surface area is 110 Å². The van der Waals surface area contributed by atoms with Crippen molar-refractivity contribution in [2.75, 3.05) is 37.7 Å². The van der Waals surface area contributed by atoms with Crippen molar-refractivity contribution in [3.05, 3.63) is 0 Å². The van der Waals surface area contributed by atoms with Gasteiger partial charge in [0.2, 0.25) is 5.91 Å². The molecule has 0 saturated carbocycles. The van der Waals surface area contributed by atoms with Crippen LogP contribution < -0.4 is 0 Å². The molecule has 0 aromatic rings. The monoisotopic (exact) mass is 276 g/mol. The first-order valence-corrected chi connectivity index (χ1v) is 8.47. The third kappa shape index (κ3) is 3.95. The summed E-state index contributed by atoms with van der Waals surface area (Å²) in [7, 11) is -2.88. The molecule has 1 heterocycles. The number of rotatable bonds is 6. The molecule has 1 rings (SSSR count). The normalized spacial score (nSPS) is 22.3. The second-order valence-electron chi connectivity index (χ2n) is 4.69. The molecular weight excluding hydrogens is 252 g/mol. The molecule has 0 spiro atoms. The first kappa shape index (κ1) is 15.4. The van der Waals surface area contributed by atoms with Gasteiger partial charge in [-0.15, -0.1) is 0 Å². The van der Waals surface area contributed by atoms with Crippen LogP contribution in [0, 0.1) is 0 Å². The Morgan fingerprint density at radius 1 is 1.17 bits per heavy atom. The van der Waals surface area contributed by atoms with Crippen LogP contribution in [0.3, 0.4) is 0 Å². The molecule has 0 bridgehead atoms. The van der Waals surface area contributed by atoms with Gasteiger partial charge < -0.3 is 4.90 Å². The Bertz CT molecular complexity index is 377. The lowest BCUT2D eigenvalue weighted by atomic mass is 10.2. The van der Waals surface area contributed by atoms with Crippen LogP contribution >= 0.6 is 0 Å². The maximum absolute atomic E-state index is 12.0. The van der Waals surface area contributed by atoms with Crippen LogP contribution in [-0.2, 0) is 14.6 Å². The first-order valence-electron chi connectivity index (χ1n) is 6.65. The number of carbonyl (C=O) groups excluding carboxylic acids is 1. The van der Waals surface area contributed by atoms with Crippen LogP contribution in [0.5, 0.6) is 0 Å². The minimum atomic E-state index is -2.88. The number of carbonyl (C=O) groups is 1. The zero-order valence-corrected chi connectivity index (χ0v) is 12.4. The quantitative estimate of drug-likeness (QED) is 0.703. The lowest BCUT2D eigenvalue weighted by molar-refractivity contribution is -0.132. The molecule has 18 heavy (non-hydrogen) atoms. The fourth-order valence-corrected chi connectivity index (χ4v) is 4.17. The molecule has 0 radical (unpaired) electrons. The fourth-order valence-electron chi connectivity index (χ4n) is 2.41. The minimum Gasteiger partial charge on any atom is -0.342 e. The number of hydrogen-bond donors (Lipinski definition) is 0. The highest BCUT2D eigenvalue weighted by atomic mass is 32.2. The van der Waals surface area contributed by atoms with Gasteiger partial charge in [-0.3, -0.25) is 9.69 Å². The van der Waals surface area contributed by atoms with Crippen molar-refractivity contribution in [1.29, 1.82) is 0 Å². The van der Waals surface area contributed by atoms with Crippen molar-refractivity contribution in [1.82, 2.24) is 9.80 Å². The number of nitrogens with zero attached hydrogens (tertiary/aromatic N) is 2. The summed E-state index contributed by atoms with van der Waals surface area (Å²) in [5, 5.41) is 0. The van der Waals surface area contributed by atoms with E-state index in [4.69, 9.17) is 0 Å². The molecule has 1 atom stereocenters. The van der Waals surface area contributed by atoms with Gasteiger partial charge in [0.25, 0.3) is 0 Å². The third-order valence-corrected chi connectivity index (χ3v) is 5.34. The number of amides is 1. The van der Waals surface area contributed by atoms with Gasteiger partial charge in [-0.1, -0.05) is 6.92 Å². The van der Waals surface area contributed by atoms with Crippen molar-refractivity contribution < 1.29 is 13.2 Å². The zero-order valence-electron chi connectivity index (χ0n) is 11.6. The minimum absolute atomic E-state index is 0.0134. The van der Waals surface area contributed by atoms with Crippen LogP contribution in [-0.4, -0.2) is 67.9 Å². The van der Waals surface area contributed by atoms with Crippen molar-refractivity contribution in [3.8, 4) is 0 Å². The van der Waals surface area contributed by atoms with Crippen LogP contribution in [0.15, 0.2) is 0 Å². The predicted octanol–water partition coefficient (Wildman–Crippen LogP) is 0.364. The van der Waals surface area contributed by atoms with Crippen molar-refractivity contribution in [2.24, 2.45) is 0 Å². The Morgan fingerprint density at radius 3 is 2.17 bits per heavy atom. The molecule has 1 fully saturated rings. The molecule has 1 amide bonds. The molecule has 1 unspecified atom stereocenters. The van der Waals surface area contributed by atoms with E-state index in [0.29, 0.717) is 32.6 Å². The summed E-state index contributed by atoms with van der Waals surface area (Å²) >= 11 is 0. The van der Waals surface area contributed by atoms with Crippen LogP contribution in [0.25, 0.3) is 0 Å². The van der Waals surface area contributed by atoms with Crippen molar-refractivity contribution in [3.63, 3.8) is 0 Å². The van der Waals surface area contributed by atoms with Gasteiger partial charge >= 0.3 is 0 Å². The Morgan fingerprint density at radius 2 is 1.78 bits per heavy atom. The molecule has 0 N–H and O–H groups in total. The van der Waals surface area contributed by atoms with E-state index in [1.807, 2.05) is 25.7 Å². The van der Waals surface area contributed by atoms with Gasteiger partial charge in [-0.25, -0.2) is 8.42 Å². The summed E-state index contributed by atoms with van der Waals surface area (Å²) in [6, 6.07) is 0.0134. The summed E-state index contributed by atoms with van der Waals surface area (Å²) in [4.78, 5) is 15.8. The van der Waals surface area contributed by atoms with Crippen LogP contribution in [0.1, 0.15) is 27.2 Å². The second-order valence-corrected chi connectivity index (χ2v) is 6.91. The Hall–Kier alpha value is -0.620. The van der Waals surface area contributed by atoms with E-state index in [0.717, 1.165) is 0 Å². The zero-order chi connectivity index (χ0) is 13.8. The summed E-state index contributed by atoms with van der Waals surface area (Å²) in [5.74, 6) is 0.547. The van der Waals surface area contributed by atoms with E-state index in [2.05, 4.69) is 0 Å². The standard InChI is InChI=1S/C12H24N2O3S/c1-4-13(5-2)12(15)9-14(6-3)11-7-8-18(16,17)10-11/h11H,4-10H2,1-3H3. The highest BCUT2D eigenvalue weighted by Crippen LogP contribution is 2.17. The van der Waals surface area contributed by atoms with Crippen molar-refractivity contribution >= 4 is 15.7 Å². The summed E-state index contributed by atoms with van der Waals surface area (Å²) in [6.07, 6.45) is 0.654. The van der Waals surface area contributed by atoms with E-state index in [-0.39, 0.29) is 23.5 Å². The predicted molar refractivity (Wildman–Crippen MR) is 72.2 cm³/mol. The molecular formula is C12H24N2O3S. The second kappa shape index (κ2) is 6.52. The van der Waals surface area contributed by atoms with Gasteiger partial charge in [-0.05, 0) is 26.8 Å². The molecule has 0 aromatic carbocycles. The van der Waals surface area contributed by atoms with Gasteiger partial charge in [0.05, 0.1) is 18.1 Å². The smallest absolute Gasteiger partial charge is 0.236 e. The largest absolute Gasteiger partial charge is 0.342 e. The van der Waals surface area contributed by atoms with Gasteiger partial charge in [-0.2, -0.15) is 0 Å². The summed E-state index contributed by atoms with van der Waals surface area (Å²) in [6.45, 7) is 8.34. The van der Waals surface area contributed by atoms with Gasteiger partial charge in [0.15, 0.2) is 9.84 Å². The highest BCUT2D eigenvalue weighted by Gasteiger charge is 2.32. The molecule has 0 aliphatic carbocycles. The third-order valence-electron chi connectivity index (χ3n) is 3.59. The summed E-state index contributed by atoms with van der Waals surface area (Å²) < 4.78 is 22.9. The number of sulfone groups is 1. The summed E-state index contributed by atoms with van der Waals surface area (Å²) in [5.41, 5.74) is 0. The first-order chi connectivity index (χ1) is 8.43. The average Bonchev–Trinajstić information content (AvgIpc) is 2.68. The molecule has 106 valence electrons. The lowest BCUT2D eigenvalue weighted by Gasteiger charge is -2.28. The van der Waals surface area contributed by atoms with Gasteiger partial charge in [0.1, 0.15) is 0 Å². The van der Waals surface area contributed by atoms with E-state index >= 15 is 0 Å². The highest BCUT2D eigenvalue weighted by molar-refractivity contribution is 7.91. The molecule has 1 aliphatic rings. The van der Waals surface area contributed by atoms with E-state index < -0.39 is 9.84 Å². The topological polar surface area (TPSA) is 57.7 Å². The fraction of sp³-hybridized carbons (Fsp3) is 0.917. The maximum Gasteiger partial charge on any atom is 0.236 e. The van der Waals surface area contributed by atoms with Crippen LogP contribution in [0.2, 0.25) is 0 Å². The average molecular weight is 276 g/mol. The molecule has 0 aromatic heterocycles. The molecule has 5 nitrogen and oxygen atoms in total. The SMILES string of the molecule is CCN(CC)C(=O)CN(CC)C1CCS(=O)(=O)C1. The van der Waals surface area contributed by atoms with E-state index in [9.17, 15) is 13.2 Å². The van der Waals surface area contributed by atoms with E-state index in [1.54, 1.807) is 4.90 Å². The molecule has 1 aliphatic heterocycles. The Balaban J connectivity index is 2.60. The van der Waals surface area contributed by atoms with Gasteiger partial charge in [0, 0.05) is 19.1 Å².